The second-order valence-electron chi connectivity index (χ2n) is 6.48. The van der Waals surface area contributed by atoms with Gasteiger partial charge < -0.3 is 14.9 Å². The lowest BCUT2D eigenvalue weighted by molar-refractivity contribution is -0.141. The van der Waals surface area contributed by atoms with Gasteiger partial charge in [-0.05, 0) is 29.8 Å². The van der Waals surface area contributed by atoms with Gasteiger partial charge in [-0.25, -0.2) is 14.4 Å². The topological polar surface area (TPSA) is 84.1 Å². The molecule has 1 unspecified atom stereocenters. The van der Waals surface area contributed by atoms with Crippen molar-refractivity contribution in [3.05, 3.63) is 71.9 Å². The third kappa shape index (κ3) is 4.08. The largest absolute Gasteiger partial charge is 0.437 e. The number of benzene rings is 2. The van der Waals surface area contributed by atoms with E-state index in [0.29, 0.717) is 22.6 Å². The number of alkyl halides is 3. The Morgan fingerprint density at radius 2 is 1.80 bits per heavy atom. The first-order chi connectivity index (χ1) is 14.3. The van der Waals surface area contributed by atoms with Gasteiger partial charge in [0.25, 0.3) is 0 Å². The molecule has 154 valence electrons. The standard InChI is InChI=1S/C20H14F4N4O2/c21-13-4-1-11(2-5-13)16(29)9-25-18-8-15(26-10-27-18)12-3-6-14-17(7-12)30-28-19(14)20(22,23)24/h1-8,10,16,29H,9H2,(H,25,26,27). The first-order valence-electron chi connectivity index (χ1n) is 8.78. The van der Waals surface area contributed by atoms with Crippen molar-refractivity contribution in [1.82, 2.24) is 15.1 Å². The van der Waals surface area contributed by atoms with Crippen LogP contribution in [0.25, 0.3) is 22.2 Å². The zero-order valence-corrected chi connectivity index (χ0v) is 15.2. The Morgan fingerprint density at radius 1 is 1.03 bits per heavy atom. The highest BCUT2D eigenvalue weighted by atomic mass is 19.4. The molecule has 0 aliphatic heterocycles. The van der Waals surface area contributed by atoms with Crippen LogP contribution in [0.4, 0.5) is 23.4 Å². The maximum Gasteiger partial charge on any atom is 0.437 e. The fraction of sp³-hybridized carbons (Fsp3) is 0.150. The molecule has 1 atom stereocenters. The Hall–Kier alpha value is -3.53. The monoisotopic (exact) mass is 418 g/mol. The van der Waals surface area contributed by atoms with Crippen LogP contribution in [-0.2, 0) is 6.18 Å². The van der Waals surface area contributed by atoms with Gasteiger partial charge >= 0.3 is 6.18 Å². The molecule has 0 amide bonds. The Balaban J connectivity index is 1.52. The molecule has 2 heterocycles. The Kier molecular flexibility index (Phi) is 5.08. The summed E-state index contributed by atoms with van der Waals surface area (Å²) in [5.74, 6) is 0.000223. The van der Waals surface area contributed by atoms with Crippen LogP contribution in [0, 0.1) is 5.82 Å². The number of anilines is 1. The molecule has 4 aromatic rings. The van der Waals surface area contributed by atoms with Crippen molar-refractivity contribution in [3.8, 4) is 11.3 Å². The summed E-state index contributed by atoms with van der Waals surface area (Å²) >= 11 is 0. The number of nitrogens with one attached hydrogen (secondary N) is 1. The Morgan fingerprint density at radius 3 is 2.53 bits per heavy atom. The molecular formula is C20H14F4N4O2. The summed E-state index contributed by atoms with van der Waals surface area (Å²) in [6, 6.07) is 11.2. The van der Waals surface area contributed by atoms with Crippen LogP contribution < -0.4 is 5.32 Å². The van der Waals surface area contributed by atoms with Crippen molar-refractivity contribution in [1.29, 1.82) is 0 Å². The van der Waals surface area contributed by atoms with Gasteiger partial charge in [0.15, 0.2) is 11.3 Å². The summed E-state index contributed by atoms with van der Waals surface area (Å²) in [5.41, 5.74) is 0.394. The highest BCUT2D eigenvalue weighted by molar-refractivity contribution is 5.84. The maximum absolute atomic E-state index is 13.0. The second kappa shape index (κ2) is 7.71. The zero-order chi connectivity index (χ0) is 21.3. The molecule has 2 aromatic heterocycles. The minimum Gasteiger partial charge on any atom is -0.387 e. The number of aromatic nitrogens is 3. The van der Waals surface area contributed by atoms with E-state index < -0.39 is 23.8 Å². The van der Waals surface area contributed by atoms with E-state index in [1.807, 2.05) is 0 Å². The second-order valence-corrected chi connectivity index (χ2v) is 6.48. The number of halogens is 4. The van der Waals surface area contributed by atoms with Crippen LogP contribution in [0.3, 0.4) is 0 Å². The van der Waals surface area contributed by atoms with E-state index in [4.69, 9.17) is 4.52 Å². The van der Waals surface area contributed by atoms with Gasteiger partial charge in [-0.3, -0.25) is 0 Å². The van der Waals surface area contributed by atoms with E-state index in [1.54, 1.807) is 6.07 Å². The van der Waals surface area contributed by atoms with Crippen LogP contribution in [-0.4, -0.2) is 26.8 Å². The van der Waals surface area contributed by atoms with E-state index in [0.717, 1.165) is 0 Å². The van der Waals surface area contributed by atoms with Crippen LogP contribution in [0.15, 0.2) is 59.4 Å². The van der Waals surface area contributed by atoms with Crippen LogP contribution in [0.1, 0.15) is 17.4 Å². The summed E-state index contributed by atoms with van der Waals surface area (Å²) in [4.78, 5) is 8.19. The van der Waals surface area contributed by atoms with Gasteiger partial charge in [-0.15, -0.1) is 0 Å². The highest BCUT2D eigenvalue weighted by Gasteiger charge is 2.37. The molecule has 0 aliphatic rings. The van der Waals surface area contributed by atoms with Crippen molar-refractivity contribution in [2.24, 2.45) is 0 Å². The first-order valence-corrected chi connectivity index (χ1v) is 8.78. The average Bonchev–Trinajstić information content (AvgIpc) is 3.16. The van der Waals surface area contributed by atoms with Gasteiger partial charge in [0.05, 0.1) is 17.2 Å². The summed E-state index contributed by atoms with van der Waals surface area (Å²) in [7, 11) is 0. The number of rotatable bonds is 5. The molecule has 0 saturated carbocycles. The SMILES string of the molecule is OC(CNc1cc(-c2ccc3c(C(F)(F)F)noc3c2)ncn1)c1ccc(F)cc1. The van der Waals surface area contributed by atoms with Gasteiger partial charge in [0.1, 0.15) is 18.0 Å². The quantitative estimate of drug-likeness (QED) is 0.462. The fourth-order valence-corrected chi connectivity index (χ4v) is 2.92. The summed E-state index contributed by atoms with van der Waals surface area (Å²) < 4.78 is 56.6. The third-order valence-electron chi connectivity index (χ3n) is 4.43. The molecule has 0 saturated heterocycles. The number of aliphatic hydroxyl groups is 1. The minimum atomic E-state index is -4.61. The van der Waals surface area contributed by atoms with Crippen molar-refractivity contribution < 1.29 is 27.2 Å². The normalized spacial score (nSPS) is 12.8. The number of nitrogens with zero attached hydrogens (tertiary/aromatic N) is 3. The van der Waals surface area contributed by atoms with Crippen molar-refractivity contribution in [2.45, 2.75) is 12.3 Å². The molecule has 0 fully saturated rings. The molecule has 2 N–H and O–H groups in total. The highest BCUT2D eigenvalue weighted by Crippen LogP contribution is 2.35. The lowest BCUT2D eigenvalue weighted by Gasteiger charge is -2.13. The fourth-order valence-electron chi connectivity index (χ4n) is 2.92. The zero-order valence-electron chi connectivity index (χ0n) is 15.2. The molecule has 30 heavy (non-hydrogen) atoms. The van der Waals surface area contributed by atoms with E-state index in [-0.39, 0.29) is 17.5 Å². The summed E-state index contributed by atoms with van der Waals surface area (Å²) in [6.45, 7) is 0.109. The van der Waals surface area contributed by atoms with Crippen molar-refractivity contribution >= 4 is 16.8 Å². The Labute approximate surface area is 167 Å². The average molecular weight is 418 g/mol. The maximum atomic E-state index is 13.0. The molecule has 10 heteroatoms. The van der Waals surface area contributed by atoms with Gasteiger partial charge in [-0.2, -0.15) is 13.2 Å². The molecule has 0 aliphatic carbocycles. The van der Waals surface area contributed by atoms with E-state index in [1.165, 1.54) is 48.8 Å². The number of hydrogen-bond donors (Lipinski definition) is 2. The predicted octanol–water partition coefficient (Wildman–Crippen LogP) is 4.59. The van der Waals surface area contributed by atoms with Crippen LogP contribution >= 0.6 is 0 Å². The molecule has 0 radical (unpaired) electrons. The molecule has 6 nitrogen and oxygen atoms in total. The van der Waals surface area contributed by atoms with Crippen molar-refractivity contribution in [3.63, 3.8) is 0 Å². The number of hydrogen-bond acceptors (Lipinski definition) is 6. The summed E-state index contributed by atoms with van der Waals surface area (Å²) in [5, 5.41) is 16.1. The van der Waals surface area contributed by atoms with Gasteiger partial charge in [0, 0.05) is 18.2 Å². The first kappa shape index (κ1) is 19.8. The molecule has 0 spiro atoms. The molecule has 4 rings (SSSR count). The summed E-state index contributed by atoms with van der Waals surface area (Å²) in [6.07, 6.45) is -4.21. The minimum absolute atomic E-state index is 0.0142. The lowest BCUT2D eigenvalue weighted by atomic mass is 10.1. The Bertz CT molecular complexity index is 1180. The predicted molar refractivity (Wildman–Crippen MR) is 99.9 cm³/mol. The number of fused-ring (bicyclic) bond motifs is 1. The number of aliphatic hydroxyl groups excluding tert-OH is 1. The van der Waals surface area contributed by atoms with E-state index in [9.17, 15) is 22.7 Å². The van der Waals surface area contributed by atoms with E-state index in [2.05, 4.69) is 20.4 Å². The van der Waals surface area contributed by atoms with Gasteiger partial charge in [-0.1, -0.05) is 23.4 Å². The third-order valence-corrected chi connectivity index (χ3v) is 4.43. The van der Waals surface area contributed by atoms with Gasteiger partial charge in [0.2, 0.25) is 0 Å². The molecule has 2 aromatic carbocycles. The lowest BCUT2D eigenvalue weighted by Crippen LogP contribution is -2.13. The van der Waals surface area contributed by atoms with Crippen molar-refractivity contribution in [2.75, 3.05) is 11.9 Å². The van der Waals surface area contributed by atoms with Crippen LogP contribution in [0.5, 0.6) is 0 Å². The molecular weight excluding hydrogens is 404 g/mol. The van der Waals surface area contributed by atoms with Crippen LogP contribution in [0.2, 0.25) is 0 Å². The van der Waals surface area contributed by atoms with E-state index >= 15 is 0 Å². The molecule has 0 bridgehead atoms. The smallest absolute Gasteiger partial charge is 0.387 e.